The van der Waals surface area contributed by atoms with Crippen molar-refractivity contribution in [3.63, 3.8) is 0 Å². The Morgan fingerprint density at radius 3 is 2.62 bits per heavy atom. The second-order valence-corrected chi connectivity index (χ2v) is 6.24. The van der Waals surface area contributed by atoms with Crippen LogP contribution >= 0.6 is 11.6 Å². The van der Waals surface area contributed by atoms with Gasteiger partial charge in [0.05, 0.1) is 0 Å². The SMILES string of the molecule is C[C@H](NC1CC(c2cccc(F)c2)C1)c1ccccc1Cl. The molecule has 2 aromatic rings. The van der Waals surface area contributed by atoms with Gasteiger partial charge in [0.15, 0.2) is 0 Å². The molecule has 1 atom stereocenters. The molecule has 1 aliphatic rings. The van der Waals surface area contributed by atoms with Crippen LogP contribution in [0.1, 0.15) is 42.9 Å². The summed E-state index contributed by atoms with van der Waals surface area (Å²) in [5, 5.41) is 4.41. The third-order valence-corrected chi connectivity index (χ3v) is 4.66. The van der Waals surface area contributed by atoms with Crippen LogP contribution in [0.2, 0.25) is 5.02 Å². The van der Waals surface area contributed by atoms with Crippen LogP contribution in [-0.2, 0) is 0 Å². The predicted molar refractivity (Wildman–Crippen MR) is 85.2 cm³/mol. The Labute approximate surface area is 130 Å². The van der Waals surface area contributed by atoms with Crippen LogP contribution < -0.4 is 5.32 Å². The molecule has 0 aliphatic heterocycles. The highest BCUT2D eigenvalue weighted by Crippen LogP contribution is 2.38. The molecule has 2 aromatic carbocycles. The van der Waals surface area contributed by atoms with Crippen LogP contribution in [-0.4, -0.2) is 6.04 Å². The van der Waals surface area contributed by atoms with Gasteiger partial charge in [-0.1, -0.05) is 41.9 Å². The van der Waals surface area contributed by atoms with Crippen molar-refractivity contribution < 1.29 is 4.39 Å². The molecule has 0 bridgehead atoms. The van der Waals surface area contributed by atoms with E-state index < -0.39 is 0 Å². The molecule has 0 unspecified atom stereocenters. The van der Waals surface area contributed by atoms with E-state index >= 15 is 0 Å². The minimum Gasteiger partial charge on any atom is -0.307 e. The number of hydrogen-bond donors (Lipinski definition) is 1. The molecule has 1 aliphatic carbocycles. The lowest BCUT2D eigenvalue weighted by molar-refractivity contribution is 0.270. The molecule has 1 fully saturated rings. The van der Waals surface area contributed by atoms with Crippen LogP contribution in [0.5, 0.6) is 0 Å². The molecule has 110 valence electrons. The summed E-state index contributed by atoms with van der Waals surface area (Å²) in [7, 11) is 0. The Morgan fingerprint density at radius 2 is 1.90 bits per heavy atom. The number of nitrogens with one attached hydrogen (secondary N) is 1. The first-order valence-electron chi connectivity index (χ1n) is 7.39. The van der Waals surface area contributed by atoms with Crippen molar-refractivity contribution in [1.82, 2.24) is 5.32 Å². The molecule has 0 heterocycles. The van der Waals surface area contributed by atoms with Crippen LogP contribution in [0.4, 0.5) is 4.39 Å². The van der Waals surface area contributed by atoms with Gasteiger partial charge in [0, 0.05) is 17.1 Å². The van der Waals surface area contributed by atoms with Gasteiger partial charge in [-0.3, -0.25) is 0 Å². The molecule has 0 spiro atoms. The first-order chi connectivity index (χ1) is 10.1. The van der Waals surface area contributed by atoms with Gasteiger partial charge in [-0.15, -0.1) is 0 Å². The van der Waals surface area contributed by atoms with E-state index in [1.807, 2.05) is 24.3 Å². The average Bonchev–Trinajstić information content (AvgIpc) is 2.42. The van der Waals surface area contributed by atoms with Crippen molar-refractivity contribution >= 4 is 11.6 Å². The normalized spacial score (nSPS) is 22.6. The van der Waals surface area contributed by atoms with Gasteiger partial charge in [0.1, 0.15) is 5.82 Å². The number of rotatable bonds is 4. The van der Waals surface area contributed by atoms with Gasteiger partial charge in [0.25, 0.3) is 0 Å². The predicted octanol–water partition coefficient (Wildman–Crippen LogP) is 5.08. The first kappa shape index (κ1) is 14.6. The lowest BCUT2D eigenvalue weighted by Gasteiger charge is -2.38. The van der Waals surface area contributed by atoms with E-state index in [9.17, 15) is 4.39 Å². The summed E-state index contributed by atoms with van der Waals surface area (Å²) in [6.07, 6.45) is 2.11. The minimum absolute atomic E-state index is 0.145. The van der Waals surface area contributed by atoms with Gasteiger partial charge in [-0.05, 0) is 55.0 Å². The highest BCUT2D eigenvalue weighted by Gasteiger charge is 2.31. The molecule has 0 amide bonds. The van der Waals surface area contributed by atoms with Crippen molar-refractivity contribution in [2.75, 3.05) is 0 Å². The highest BCUT2D eigenvalue weighted by atomic mass is 35.5. The lowest BCUT2D eigenvalue weighted by atomic mass is 9.75. The quantitative estimate of drug-likeness (QED) is 0.831. The van der Waals surface area contributed by atoms with E-state index in [4.69, 9.17) is 11.6 Å². The summed E-state index contributed by atoms with van der Waals surface area (Å²) in [5.41, 5.74) is 2.24. The van der Waals surface area contributed by atoms with Crippen LogP contribution in [0, 0.1) is 5.82 Å². The Hall–Kier alpha value is -1.38. The van der Waals surface area contributed by atoms with Gasteiger partial charge in [-0.25, -0.2) is 4.39 Å². The fraction of sp³-hybridized carbons (Fsp3) is 0.333. The fourth-order valence-electron chi connectivity index (χ4n) is 3.06. The zero-order valence-electron chi connectivity index (χ0n) is 12.0. The maximum atomic E-state index is 13.2. The summed E-state index contributed by atoms with van der Waals surface area (Å²) in [6, 6.07) is 15.6. The first-order valence-corrected chi connectivity index (χ1v) is 7.77. The molecule has 1 N–H and O–H groups in total. The zero-order valence-corrected chi connectivity index (χ0v) is 12.8. The Kier molecular flexibility index (Phi) is 4.27. The molecule has 0 radical (unpaired) electrons. The van der Waals surface area contributed by atoms with Crippen molar-refractivity contribution in [3.05, 3.63) is 70.5 Å². The molecule has 0 saturated heterocycles. The maximum absolute atomic E-state index is 13.2. The largest absolute Gasteiger partial charge is 0.307 e. The van der Waals surface area contributed by atoms with Crippen molar-refractivity contribution in [2.24, 2.45) is 0 Å². The fourth-order valence-corrected chi connectivity index (χ4v) is 3.36. The standard InChI is InChI=1S/C18H19ClFN/c1-12(17-7-2-3-8-18(17)19)21-16-10-14(11-16)13-5-4-6-15(20)9-13/h2-9,12,14,16,21H,10-11H2,1H3/t12-,14?,16?/m0/s1. The Bertz CT molecular complexity index is 622. The smallest absolute Gasteiger partial charge is 0.123 e. The monoisotopic (exact) mass is 303 g/mol. The van der Waals surface area contributed by atoms with Crippen molar-refractivity contribution in [3.8, 4) is 0 Å². The third kappa shape index (κ3) is 3.28. The molecule has 1 nitrogen and oxygen atoms in total. The van der Waals surface area contributed by atoms with Gasteiger partial charge < -0.3 is 5.32 Å². The maximum Gasteiger partial charge on any atom is 0.123 e. The average molecular weight is 304 g/mol. The minimum atomic E-state index is -0.145. The van der Waals surface area contributed by atoms with E-state index in [1.165, 1.54) is 6.07 Å². The molecular formula is C18H19ClFN. The Morgan fingerprint density at radius 1 is 1.14 bits per heavy atom. The van der Waals surface area contributed by atoms with Crippen LogP contribution in [0.25, 0.3) is 0 Å². The number of halogens is 2. The third-order valence-electron chi connectivity index (χ3n) is 4.32. The second-order valence-electron chi connectivity index (χ2n) is 5.83. The highest BCUT2D eigenvalue weighted by molar-refractivity contribution is 6.31. The van der Waals surface area contributed by atoms with E-state index in [2.05, 4.69) is 18.3 Å². The lowest BCUT2D eigenvalue weighted by Crippen LogP contribution is -2.41. The van der Waals surface area contributed by atoms with Gasteiger partial charge in [0.2, 0.25) is 0 Å². The van der Waals surface area contributed by atoms with Gasteiger partial charge >= 0.3 is 0 Å². The number of benzene rings is 2. The number of hydrogen-bond acceptors (Lipinski definition) is 1. The molecule has 3 heteroatoms. The summed E-state index contributed by atoms with van der Waals surface area (Å²) >= 11 is 6.22. The summed E-state index contributed by atoms with van der Waals surface area (Å²) < 4.78 is 13.2. The summed E-state index contributed by atoms with van der Waals surface area (Å²) in [4.78, 5) is 0. The molecular weight excluding hydrogens is 285 g/mol. The Balaban J connectivity index is 1.56. The van der Waals surface area contributed by atoms with Gasteiger partial charge in [-0.2, -0.15) is 0 Å². The topological polar surface area (TPSA) is 12.0 Å². The van der Waals surface area contributed by atoms with Crippen LogP contribution in [0.15, 0.2) is 48.5 Å². The van der Waals surface area contributed by atoms with E-state index in [0.717, 1.165) is 29.0 Å². The van der Waals surface area contributed by atoms with Crippen molar-refractivity contribution in [1.29, 1.82) is 0 Å². The van der Waals surface area contributed by atoms with Crippen LogP contribution in [0.3, 0.4) is 0 Å². The second kappa shape index (κ2) is 6.17. The summed E-state index contributed by atoms with van der Waals surface area (Å²) in [6.45, 7) is 2.14. The summed E-state index contributed by atoms with van der Waals surface area (Å²) in [5.74, 6) is 0.324. The van der Waals surface area contributed by atoms with E-state index in [1.54, 1.807) is 12.1 Å². The van der Waals surface area contributed by atoms with E-state index in [0.29, 0.717) is 12.0 Å². The zero-order chi connectivity index (χ0) is 14.8. The molecule has 1 saturated carbocycles. The molecule has 0 aromatic heterocycles. The van der Waals surface area contributed by atoms with E-state index in [-0.39, 0.29) is 11.9 Å². The molecule has 21 heavy (non-hydrogen) atoms. The molecule has 3 rings (SSSR count). The van der Waals surface area contributed by atoms with Crippen molar-refractivity contribution in [2.45, 2.75) is 37.8 Å².